The molecule has 2 amide bonds. The monoisotopic (exact) mass is 440 g/mol. The zero-order valence-electron chi connectivity index (χ0n) is 20.3. The normalized spacial score (nSPS) is 12.1. The van der Waals surface area contributed by atoms with Crippen molar-refractivity contribution in [3.05, 3.63) is 59.2 Å². The van der Waals surface area contributed by atoms with E-state index in [1.54, 1.807) is 12.0 Å². The molecular weight excluding hydrogens is 404 g/mol. The van der Waals surface area contributed by atoms with Crippen molar-refractivity contribution in [1.82, 2.24) is 10.2 Å². The van der Waals surface area contributed by atoms with Crippen LogP contribution in [0.25, 0.3) is 0 Å². The van der Waals surface area contributed by atoms with Gasteiger partial charge in [-0.1, -0.05) is 31.2 Å². The summed E-state index contributed by atoms with van der Waals surface area (Å²) < 4.78 is 11.2. The molecule has 1 N–H and O–H groups in total. The van der Waals surface area contributed by atoms with Crippen molar-refractivity contribution in [1.29, 1.82) is 0 Å². The zero-order chi connectivity index (χ0) is 23.9. The van der Waals surface area contributed by atoms with E-state index in [2.05, 4.69) is 5.32 Å². The highest BCUT2D eigenvalue weighted by atomic mass is 16.5. The maximum Gasteiger partial charge on any atom is 0.261 e. The number of rotatable bonds is 9. The van der Waals surface area contributed by atoms with Gasteiger partial charge in [0.25, 0.3) is 5.91 Å². The number of aryl methyl sites for hydroxylation is 1. The summed E-state index contributed by atoms with van der Waals surface area (Å²) in [6.07, 6.45) is 0.487. The van der Waals surface area contributed by atoms with Crippen LogP contribution in [0.15, 0.2) is 42.5 Å². The van der Waals surface area contributed by atoms with Gasteiger partial charge in [0.2, 0.25) is 5.91 Å². The van der Waals surface area contributed by atoms with Gasteiger partial charge >= 0.3 is 0 Å². The van der Waals surface area contributed by atoms with Crippen LogP contribution in [0.2, 0.25) is 0 Å². The highest BCUT2D eigenvalue weighted by Crippen LogP contribution is 2.22. The van der Waals surface area contributed by atoms with Crippen LogP contribution in [0.4, 0.5) is 0 Å². The number of nitrogens with one attached hydrogen (secondary N) is 1. The minimum Gasteiger partial charge on any atom is -0.497 e. The molecule has 2 aromatic carbocycles. The van der Waals surface area contributed by atoms with Crippen LogP contribution in [0.1, 0.15) is 50.8 Å². The van der Waals surface area contributed by atoms with Crippen LogP contribution in [0.5, 0.6) is 11.5 Å². The molecule has 0 aliphatic carbocycles. The van der Waals surface area contributed by atoms with E-state index in [-0.39, 0.29) is 25.0 Å². The average Bonchev–Trinajstić information content (AvgIpc) is 2.73. The van der Waals surface area contributed by atoms with Gasteiger partial charge in [-0.25, -0.2) is 0 Å². The average molecular weight is 441 g/mol. The number of hydrogen-bond acceptors (Lipinski definition) is 4. The second kappa shape index (κ2) is 11.0. The summed E-state index contributed by atoms with van der Waals surface area (Å²) in [5.74, 6) is 0.952. The van der Waals surface area contributed by atoms with E-state index < -0.39 is 11.6 Å². The number of methoxy groups -OCH3 is 1. The molecule has 0 unspecified atom stereocenters. The third-order valence-corrected chi connectivity index (χ3v) is 5.28. The first kappa shape index (κ1) is 25.2. The second-order valence-corrected chi connectivity index (χ2v) is 9.02. The van der Waals surface area contributed by atoms with Gasteiger partial charge in [0, 0.05) is 12.1 Å². The van der Waals surface area contributed by atoms with Crippen molar-refractivity contribution in [2.45, 2.75) is 66.1 Å². The van der Waals surface area contributed by atoms with Crippen LogP contribution in [0.3, 0.4) is 0 Å². The molecular formula is C26H36N2O4. The van der Waals surface area contributed by atoms with Crippen LogP contribution >= 0.6 is 0 Å². The van der Waals surface area contributed by atoms with Crippen molar-refractivity contribution >= 4 is 11.8 Å². The summed E-state index contributed by atoms with van der Waals surface area (Å²) in [5, 5.41) is 3.01. The predicted molar refractivity (Wildman–Crippen MR) is 127 cm³/mol. The summed E-state index contributed by atoms with van der Waals surface area (Å²) in [4.78, 5) is 28.0. The first-order valence-corrected chi connectivity index (χ1v) is 11.0. The van der Waals surface area contributed by atoms with Crippen LogP contribution in [-0.4, -0.2) is 42.0 Å². The SMILES string of the molecule is CC[C@@H](C(=O)NC(C)(C)C)N(Cc1cccc(OC)c1)C(=O)COc1cccc(C)c1C. The highest BCUT2D eigenvalue weighted by molar-refractivity contribution is 5.88. The molecule has 6 nitrogen and oxygen atoms in total. The quantitative estimate of drug-likeness (QED) is 0.627. The smallest absolute Gasteiger partial charge is 0.261 e. The minimum absolute atomic E-state index is 0.145. The molecule has 0 fully saturated rings. The molecule has 32 heavy (non-hydrogen) atoms. The third kappa shape index (κ3) is 7.01. The molecule has 2 rings (SSSR count). The lowest BCUT2D eigenvalue weighted by molar-refractivity contribution is -0.143. The van der Waals surface area contributed by atoms with Crippen LogP contribution in [0, 0.1) is 13.8 Å². The summed E-state index contributed by atoms with van der Waals surface area (Å²) >= 11 is 0. The van der Waals surface area contributed by atoms with E-state index in [1.165, 1.54) is 0 Å². The molecule has 6 heteroatoms. The fourth-order valence-corrected chi connectivity index (χ4v) is 3.44. The van der Waals surface area contributed by atoms with E-state index in [9.17, 15) is 9.59 Å². The van der Waals surface area contributed by atoms with Crippen molar-refractivity contribution < 1.29 is 19.1 Å². The van der Waals surface area contributed by atoms with Crippen LogP contribution in [-0.2, 0) is 16.1 Å². The van der Waals surface area contributed by atoms with E-state index in [4.69, 9.17) is 9.47 Å². The Bertz CT molecular complexity index is 934. The largest absolute Gasteiger partial charge is 0.497 e. The predicted octanol–water partition coefficient (Wildman–Crippen LogP) is 4.41. The van der Waals surface area contributed by atoms with Gasteiger partial charge in [-0.15, -0.1) is 0 Å². The summed E-state index contributed by atoms with van der Waals surface area (Å²) in [5.41, 5.74) is 2.58. The van der Waals surface area contributed by atoms with Crippen molar-refractivity contribution in [2.24, 2.45) is 0 Å². The molecule has 1 atom stereocenters. The maximum absolute atomic E-state index is 13.3. The van der Waals surface area contributed by atoms with Crippen molar-refractivity contribution in [3.63, 3.8) is 0 Å². The number of nitrogens with zero attached hydrogens (tertiary/aromatic N) is 1. The number of amides is 2. The lowest BCUT2D eigenvalue weighted by Crippen LogP contribution is -2.54. The first-order chi connectivity index (χ1) is 15.1. The van der Waals surface area contributed by atoms with Gasteiger partial charge in [0.05, 0.1) is 7.11 Å². The summed E-state index contributed by atoms with van der Waals surface area (Å²) in [6.45, 7) is 11.8. The highest BCUT2D eigenvalue weighted by Gasteiger charge is 2.31. The van der Waals surface area contributed by atoms with Gasteiger partial charge in [-0.2, -0.15) is 0 Å². The molecule has 0 bridgehead atoms. The molecule has 0 aromatic heterocycles. The molecule has 2 aromatic rings. The van der Waals surface area contributed by atoms with Crippen molar-refractivity contribution in [2.75, 3.05) is 13.7 Å². The lowest BCUT2D eigenvalue weighted by atomic mass is 10.1. The summed E-state index contributed by atoms with van der Waals surface area (Å²) in [7, 11) is 1.60. The Labute approximate surface area is 191 Å². The first-order valence-electron chi connectivity index (χ1n) is 11.0. The molecule has 0 aliphatic heterocycles. The van der Waals surface area contributed by atoms with Gasteiger partial charge < -0.3 is 19.7 Å². The minimum atomic E-state index is -0.616. The Morgan fingerprint density at radius 3 is 2.41 bits per heavy atom. The second-order valence-electron chi connectivity index (χ2n) is 9.02. The molecule has 174 valence electrons. The standard InChI is InChI=1S/C26H36N2O4/c1-8-22(25(30)27-26(4,5)6)28(16-20-12-10-13-21(15-20)31-7)24(29)17-32-23-14-9-11-18(2)19(23)3/h9-15,22H,8,16-17H2,1-7H3,(H,27,30)/t22-/m0/s1. The third-order valence-electron chi connectivity index (χ3n) is 5.28. The number of carbonyl (C=O) groups is 2. The van der Waals surface area contributed by atoms with Crippen LogP contribution < -0.4 is 14.8 Å². The molecule has 0 heterocycles. The number of hydrogen-bond donors (Lipinski definition) is 1. The molecule has 0 spiro atoms. The van der Waals surface area contributed by atoms with Gasteiger partial charge in [-0.3, -0.25) is 9.59 Å². The van der Waals surface area contributed by atoms with Gasteiger partial charge in [0.15, 0.2) is 6.61 Å². The van der Waals surface area contributed by atoms with E-state index in [0.717, 1.165) is 16.7 Å². The number of benzene rings is 2. The molecule has 0 saturated carbocycles. The van der Waals surface area contributed by atoms with E-state index in [0.29, 0.717) is 17.9 Å². The zero-order valence-corrected chi connectivity index (χ0v) is 20.3. The van der Waals surface area contributed by atoms with Gasteiger partial charge in [0.1, 0.15) is 17.5 Å². The fourth-order valence-electron chi connectivity index (χ4n) is 3.44. The Kier molecular flexibility index (Phi) is 8.70. The molecule has 0 aliphatic rings. The lowest BCUT2D eigenvalue weighted by Gasteiger charge is -2.33. The van der Waals surface area contributed by atoms with Crippen molar-refractivity contribution in [3.8, 4) is 11.5 Å². The Balaban J connectivity index is 2.29. The molecule has 0 saturated heterocycles. The topological polar surface area (TPSA) is 67.9 Å². The number of carbonyl (C=O) groups excluding carboxylic acids is 2. The fraction of sp³-hybridized carbons (Fsp3) is 0.462. The Morgan fingerprint density at radius 2 is 1.78 bits per heavy atom. The summed E-state index contributed by atoms with van der Waals surface area (Å²) in [6, 6.07) is 12.7. The maximum atomic E-state index is 13.3. The Hall–Kier alpha value is -3.02. The van der Waals surface area contributed by atoms with Gasteiger partial charge in [-0.05, 0) is 75.9 Å². The van der Waals surface area contributed by atoms with E-state index >= 15 is 0 Å². The van der Waals surface area contributed by atoms with E-state index in [1.807, 2.05) is 84.0 Å². The Morgan fingerprint density at radius 1 is 1.09 bits per heavy atom. The molecule has 0 radical (unpaired) electrons. The number of ether oxygens (including phenoxy) is 2.